The summed E-state index contributed by atoms with van der Waals surface area (Å²) in [6.45, 7) is 7.36. The molecule has 1 amide bonds. The number of aromatic amines is 1. The van der Waals surface area contributed by atoms with Gasteiger partial charge in [-0.15, -0.1) is 0 Å². The quantitative estimate of drug-likeness (QED) is 0.882. The molecule has 2 N–H and O–H groups in total. The highest BCUT2D eigenvalue weighted by Crippen LogP contribution is 2.26. The second kappa shape index (κ2) is 6.46. The maximum Gasteiger partial charge on any atom is 0.253 e. The molecular formula is C20H27N3O2. The summed E-state index contributed by atoms with van der Waals surface area (Å²) in [7, 11) is 0. The van der Waals surface area contributed by atoms with Crippen molar-refractivity contribution in [2.45, 2.75) is 45.3 Å². The van der Waals surface area contributed by atoms with Crippen LogP contribution in [0.3, 0.4) is 0 Å². The van der Waals surface area contributed by atoms with Crippen LogP contribution in [0.25, 0.3) is 10.9 Å². The fourth-order valence-corrected chi connectivity index (χ4v) is 4.38. The topological polar surface area (TPSA) is 59.6 Å². The summed E-state index contributed by atoms with van der Waals surface area (Å²) in [5.41, 5.74) is 4.23. The Bertz CT molecular complexity index is 790. The highest BCUT2D eigenvalue weighted by Gasteiger charge is 2.33. The molecule has 0 spiro atoms. The maximum atomic E-state index is 12.9. The molecule has 2 aromatic rings. The molecule has 1 aromatic carbocycles. The molecule has 1 aromatic heterocycles. The molecule has 1 saturated heterocycles. The number of aliphatic hydroxyl groups excluding tert-OH is 1. The molecule has 5 heteroatoms. The number of H-pyrrole nitrogens is 1. The summed E-state index contributed by atoms with van der Waals surface area (Å²) in [6.07, 6.45) is 2.92. The molecule has 25 heavy (non-hydrogen) atoms. The van der Waals surface area contributed by atoms with Crippen LogP contribution in [0, 0.1) is 13.8 Å². The van der Waals surface area contributed by atoms with Crippen molar-refractivity contribution in [1.82, 2.24) is 14.8 Å². The summed E-state index contributed by atoms with van der Waals surface area (Å²) in [4.78, 5) is 20.6. The molecule has 1 aliphatic carbocycles. The fraction of sp³-hybridized carbons (Fsp3) is 0.550. The first-order valence-electron chi connectivity index (χ1n) is 9.35. The lowest BCUT2D eigenvalue weighted by Crippen LogP contribution is -2.53. The van der Waals surface area contributed by atoms with Gasteiger partial charge in [0.15, 0.2) is 0 Å². The predicted molar refractivity (Wildman–Crippen MR) is 98.9 cm³/mol. The number of carbonyl (C=O) groups excluding carboxylic acids is 1. The molecule has 1 saturated carbocycles. The van der Waals surface area contributed by atoms with Gasteiger partial charge in [0, 0.05) is 54.4 Å². The minimum absolute atomic E-state index is 0.117. The number of rotatable bonds is 2. The zero-order chi connectivity index (χ0) is 17.6. The van der Waals surface area contributed by atoms with Crippen molar-refractivity contribution in [2.75, 3.05) is 26.2 Å². The highest BCUT2D eigenvalue weighted by atomic mass is 16.3. The molecule has 0 radical (unpaired) electrons. The number of piperazine rings is 1. The Labute approximate surface area is 148 Å². The van der Waals surface area contributed by atoms with Crippen LogP contribution in [0.2, 0.25) is 0 Å². The molecule has 4 rings (SSSR count). The number of hydrogen-bond acceptors (Lipinski definition) is 3. The number of aliphatic hydroxyl groups is 1. The SMILES string of the molecule is Cc1[nH]c2ccc(C(=O)N3CCN([C@@H]4CCC[C@H]4O)CC3)cc2c1C. The average Bonchev–Trinajstić information content (AvgIpc) is 3.18. The Kier molecular flexibility index (Phi) is 4.29. The lowest BCUT2D eigenvalue weighted by molar-refractivity contribution is 0.0315. The zero-order valence-electron chi connectivity index (χ0n) is 15.1. The van der Waals surface area contributed by atoms with Crippen molar-refractivity contribution in [1.29, 1.82) is 0 Å². The molecule has 134 valence electrons. The first-order valence-corrected chi connectivity index (χ1v) is 9.35. The molecule has 2 heterocycles. The number of benzene rings is 1. The van der Waals surface area contributed by atoms with E-state index in [9.17, 15) is 9.90 Å². The van der Waals surface area contributed by atoms with E-state index in [1.165, 1.54) is 5.56 Å². The van der Waals surface area contributed by atoms with E-state index < -0.39 is 0 Å². The number of hydrogen-bond donors (Lipinski definition) is 2. The van der Waals surface area contributed by atoms with Gasteiger partial charge >= 0.3 is 0 Å². The van der Waals surface area contributed by atoms with Gasteiger partial charge < -0.3 is 15.0 Å². The smallest absolute Gasteiger partial charge is 0.253 e. The number of nitrogens with zero attached hydrogens (tertiary/aromatic N) is 2. The van der Waals surface area contributed by atoms with E-state index >= 15 is 0 Å². The minimum Gasteiger partial charge on any atom is -0.391 e. The first-order chi connectivity index (χ1) is 12.0. The van der Waals surface area contributed by atoms with Gasteiger partial charge in [0.2, 0.25) is 0 Å². The number of nitrogens with one attached hydrogen (secondary N) is 1. The van der Waals surface area contributed by atoms with Crippen LogP contribution >= 0.6 is 0 Å². The summed E-state index contributed by atoms with van der Waals surface area (Å²) in [5.74, 6) is 0.117. The Morgan fingerprint density at radius 2 is 1.92 bits per heavy atom. The summed E-state index contributed by atoms with van der Waals surface area (Å²) in [5, 5.41) is 11.2. The summed E-state index contributed by atoms with van der Waals surface area (Å²) >= 11 is 0. The minimum atomic E-state index is -0.190. The Morgan fingerprint density at radius 3 is 2.60 bits per heavy atom. The van der Waals surface area contributed by atoms with Gasteiger partial charge in [0.25, 0.3) is 5.91 Å². The van der Waals surface area contributed by atoms with E-state index in [4.69, 9.17) is 0 Å². The molecule has 2 aliphatic rings. The average molecular weight is 341 g/mol. The van der Waals surface area contributed by atoms with Crippen molar-refractivity contribution in [3.63, 3.8) is 0 Å². The third kappa shape index (κ3) is 2.96. The second-order valence-corrected chi connectivity index (χ2v) is 7.53. The largest absolute Gasteiger partial charge is 0.391 e. The third-order valence-corrected chi connectivity index (χ3v) is 6.07. The van der Waals surface area contributed by atoms with E-state index in [0.29, 0.717) is 6.04 Å². The van der Waals surface area contributed by atoms with Crippen molar-refractivity contribution < 1.29 is 9.90 Å². The Morgan fingerprint density at radius 1 is 1.16 bits per heavy atom. The van der Waals surface area contributed by atoms with Gasteiger partial charge in [0.1, 0.15) is 0 Å². The molecular weight excluding hydrogens is 314 g/mol. The molecule has 2 atom stereocenters. The normalized spacial score (nSPS) is 25.0. The number of aromatic nitrogens is 1. The van der Waals surface area contributed by atoms with Gasteiger partial charge in [-0.2, -0.15) is 0 Å². The Hall–Kier alpha value is -1.85. The van der Waals surface area contributed by atoms with Crippen LogP contribution in [0.1, 0.15) is 40.9 Å². The first kappa shape index (κ1) is 16.6. The zero-order valence-corrected chi connectivity index (χ0v) is 15.1. The number of aryl methyl sites for hydroxylation is 2. The van der Waals surface area contributed by atoms with Crippen LogP contribution in [0.4, 0.5) is 0 Å². The van der Waals surface area contributed by atoms with Crippen LogP contribution in [-0.2, 0) is 0 Å². The number of amides is 1. The molecule has 2 fully saturated rings. The van der Waals surface area contributed by atoms with Gasteiger partial charge in [-0.05, 0) is 56.9 Å². The number of fused-ring (bicyclic) bond motifs is 1. The second-order valence-electron chi connectivity index (χ2n) is 7.53. The van der Waals surface area contributed by atoms with E-state index in [2.05, 4.69) is 23.7 Å². The van der Waals surface area contributed by atoms with Crippen molar-refractivity contribution in [2.24, 2.45) is 0 Å². The number of carbonyl (C=O) groups is 1. The van der Waals surface area contributed by atoms with E-state index in [1.807, 2.05) is 23.1 Å². The summed E-state index contributed by atoms with van der Waals surface area (Å²) < 4.78 is 0. The molecule has 5 nitrogen and oxygen atoms in total. The monoisotopic (exact) mass is 341 g/mol. The Balaban J connectivity index is 1.46. The molecule has 1 aliphatic heterocycles. The predicted octanol–water partition coefficient (Wildman–Crippen LogP) is 2.46. The molecule has 0 unspecified atom stereocenters. The third-order valence-electron chi connectivity index (χ3n) is 6.07. The van der Waals surface area contributed by atoms with Gasteiger partial charge in [0.05, 0.1) is 6.10 Å². The van der Waals surface area contributed by atoms with Crippen LogP contribution in [0.5, 0.6) is 0 Å². The van der Waals surface area contributed by atoms with Gasteiger partial charge in [-0.3, -0.25) is 9.69 Å². The maximum absolute atomic E-state index is 12.9. The van der Waals surface area contributed by atoms with E-state index in [-0.39, 0.29) is 12.0 Å². The standard InChI is InChI=1S/C20H27N3O2/c1-13-14(2)21-17-7-6-15(12-16(13)17)20(25)23-10-8-22(9-11-23)18-4-3-5-19(18)24/h6-7,12,18-19,21,24H,3-5,8-11H2,1-2H3/t18-,19-/m1/s1. The van der Waals surface area contributed by atoms with Crippen molar-refractivity contribution in [3.05, 3.63) is 35.0 Å². The highest BCUT2D eigenvalue weighted by molar-refractivity contribution is 5.99. The van der Waals surface area contributed by atoms with E-state index in [0.717, 1.165) is 67.6 Å². The van der Waals surface area contributed by atoms with Gasteiger partial charge in [-0.25, -0.2) is 0 Å². The van der Waals surface area contributed by atoms with Gasteiger partial charge in [-0.1, -0.05) is 0 Å². The van der Waals surface area contributed by atoms with Crippen molar-refractivity contribution in [3.8, 4) is 0 Å². The van der Waals surface area contributed by atoms with E-state index in [1.54, 1.807) is 0 Å². The molecule has 0 bridgehead atoms. The fourth-order valence-electron chi connectivity index (χ4n) is 4.38. The van der Waals surface area contributed by atoms with Crippen LogP contribution in [-0.4, -0.2) is 64.1 Å². The van der Waals surface area contributed by atoms with Crippen molar-refractivity contribution >= 4 is 16.8 Å². The van der Waals surface area contributed by atoms with Crippen LogP contribution < -0.4 is 0 Å². The lowest BCUT2D eigenvalue weighted by atomic mass is 10.1. The lowest BCUT2D eigenvalue weighted by Gasteiger charge is -2.39. The summed E-state index contributed by atoms with van der Waals surface area (Å²) in [6, 6.07) is 6.24. The van der Waals surface area contributed by atoms with Crippen LogP contribution in [0.15, 0.2) is 18.2 Å².